The van der Waals surface area contributed by atoms with Crippen LogP contribution in [-0.4, -0.2) is 12.5 Å². The van der Waals surface area contributed by atoms with Crippen LogP contribution in [0.1, 0.15) is 19.8 Å². The molecule has 0 fully saturated rings. The van der Waals surface area contributed by atoms with Gasteiger partial charge in [-0.05, 0) is 25.6 Å². The van der Waals surface area contributed by atoms with E-state index < -0.39 is 0 Å². The molecule has 0 amide bonds. The molecule has 0 N–H and O–H groups in total. The largest absolute Gasteiger partial charge is 0.300 e. The second-order valence-corrected chi connectivity index (χ2v) is 2.29. The van der Waals surface area contributed by atoms with Crippen molar-refractivity contribution in [1.29, 1.82) is 0 Å². The van der Waals surface area contributed by atoms with Crippen molar-refractivity contribution in [3.8, 4) is 0 Å². The lowest BCUT2D eigenvalue weighted by atomic mass is 10.1. The maximum atomic E-state index is 10.6. The number of allylic oxidation sites excluding steroid dienone is 2. The molecule has 0 atom stereocenters. The summed E-state index contributed by atoms with van der Waals surface area (Å²) < 4.78 is 0. The Kier molecular flexibility index (Phi) is 4.99. The first-order valence-corrected chi connectivity index (χ1v) is 3.47. The number of carbonyl (C=O) groups is 1. The van der Waals surface area contributed by atoms with Crippen LogP contribution in [0.5, 0.6) is 0 Å². The molecule has 0 radical (unpaired) electrons. The summed E-state index contributed by atoms with van der Waals surface area (Å²) in [6, 6.07) is 0. The van der Waals surface area contributed by atoms with E-state index in [4.69, 9.17) is 0 Å². The zero-order valence-electron chi connectivity index (χ0n) is 6.84. The van der Waals surface area contributed by atoms with Gasteiger partial charge < -0.3 is 4.79 Å². The first kappa shape index (κ1) is 9.82. The van der Waals surface area contributed by atoms with Crippen molar-refractivity contribution in [2.24, 2.45) is 4.99 Å². The fraction of sp³-hybridized carbons (Fsp3) is 0.333. The van der Waals surface area contributed by atoms with E-state index in [1.165, 1.54) is 0 Å². The minimum Gasteiger partial charge on any atom is -0.300 e. The Hall–Kier alpha value is -1.18. The predicted molar refractivity (Wildman–Crippen MR) is 47.7 cm³/mol. The molecular weight excluding hydrogens is 138 g/mol. The molecule has 2 heteroatoms. The van der Waals surface area contributed by atoms with Crippen molar-refractivity contribution >= 4 is 12.5 Å². The third-order valence-corrected chi connectivity index (χ3v) is 1.29. The van der Waals surface area contributed by atoms with Gasteiger partial charge in [0, 0.05) is 12.6 Å². The van der Waals surface area contributed by atoms with E-state index in [0.29, 0.717) is 12.8 Å². The average Bonchev–Trinajstić information content (AvgIpc) is 1.97. The Labute approximate surface area is 67.3 Å². The molecule has 0 aliphatic heterocycles. The van der Waals surface area contributed by atoms with Crippen LogP contribution in [0, 0.1) is 0 Å². The van der Waals surface area contributed by atoms with Crippen LogP contribution < -0.4 is 0 Å². The minimum absolute atomic E-state index is 0.182. The van der Waals surface area contributed by atoms with Crippen LogP contribution in [0.3, 0.4) is 0 Å². The Morgan fingerprint density at radius 3 is 2.55 bits per heavy atom. The molecule has 60 valence electrons. The van der Waals surface area contributed by atoms with Crippen molar-refractivity contribution in [2.75, 3.05) is 0 Å². The molecule has 0 aliphatic carbocycles. The standard InChI is InChI=1S/C9H13NO/c1-4-9(7-10-3)6-5-8(2)11/h4,7H,1,3,5-6H2,2H3/b9-7+. The summed E-state index contributed by atoms with van der Waals surface area (Å²) in [5.41, 5.74) is 0.954. The number of nitrogens with zero attached hydrogens (tertiary/aromatic N) is 1. The van der Waals surface area contributed by atoms with Crippen molar-refractivity contribution in [3.63, 3.8) is 0 Å². The molecule has 11 heavy (non-hydrogen) atoms. The average molecular weight is 151 g/mol. The van der Waals surface area contributed by atoms with Gasteiger partial charge in [0.15, 0.2) is 0 Å². The normalized spacial score (nSPS) is 10.8. The molecular formula is C9H13NO. The molecule has 0 aromatic carbocycles. The van der Waals surface area contributed by atoms with Gasteiger partial charge in [-0.2, -0.15) is 0 Å². The number of carbonyl (C=O) groups excluding carboxylic acids is 1. The van der Waals surface area contributed by atoms with E-state index in [-0.39, 0.29) is 5.78 Å². The summed E-state index contributed by atoms with van der Waals surface area (Å²) in [5, 5.41) is 0. The second kappa shape index (κ2) is 5.59. The number of rotatable bonds is 5. The maximum Gasteiger partial charge on any atom is 0.130 e. The summed E-state index contributed by atoms with van der Waals surface area (Å²) in [6.07, 6.45) is 4.57. The fourth-order valence-electron chi connectivity index (χ4n) is 0.657. The SMILES string of the molecule is C=C/C(=C\N=C)CCC(C)=O. The third kappa shape index (κ3) is 5.27. The van der Waals surface area contributed by atoms with E-state index in [2.05, 4.69) is 18.3 Å². The molecule has 0 spiro atoms. The van der Waals surface area contributed by atoms with Crippen LogP contribution in [0.25, 0.3) is 0 Å². The molecule has 0 heterocycles. The van der Waals surface area contributed by atoms with Crippen LogP contribution in [0.2, 0.25) is 0 Å². The molecule has 0 rings (SSSR count). The summed E-state index contributed by atoms with van der Waals surface area (Å²) >= 11 is 0. The van der Waals surface area contributed by atoms with Crippen molar-refractivity contribution in [2.45, 2.75) is 19.8 Å². The lowest BCUT2D eigenvalue weighted by molar-refractivity contribution is -0.116. The highest BCUT2D eigenvalue weighted by Crippen LogP contribution is 2.05. The van der Waals surface area contributed by atoms with Crippen molar-refractivity contribution in [1.82, 2.24) is 0 Å². The molecule has 2 nitrogen and oxygen atoms in total. The molecule has 0 aromatic heterocycles. The predicted octanol–water partition coefficient (Wildman–Crippen LogP) is 2.13. The number of ketones is 1. The smallest absolute Gasteiger partial charge is 0.130 e. The van der Waals surface area contributed by atoms with Gasteiger partial charge in [-0.3, -0.25) is 4.99 Å². The molecule has 0 aliphatic rings. The summed E-state index contributed by atoms with van der Waals surface area (Å²) in [7, 11) is 0. The summed E-state index contributed by atoms with van der Waals surface area (Å²) in [4.78, 5) is 14.2. The fourth-order valence-corrected chi connectivity index (χ4v) is 0.657. The van der Waals surface area contributed by atoms with Gasteiger partial charge in [0.25, 0.3) is 0 Å². The highest BCUT2D eigenvalue weighted by Gasteiger charge is 1.95. The lowest BCUT2D eigenvalue weighted by Crippen LogP contribution is -1.89. The quantitative estimate of drug-likeness (QED) is 0.437. The highest BCUT2D eigenvalue weighted by molar-refractivity contribution is 5.75. The van der Waals surface area contributed by atoms with Gasteiger partial charge in [0.2, 0.25) is 0 Å². The van der Waals surface area contributed by atoms with Crippen LogP contribution in [0.4, 0.5) is 0 Å². The first-order valence-electron chi connectivity index (χ1n) is 3.47. The summed E-state index contributed by atoms with van der Waals surface area (Å²) in [5.74, 6) is 0.182. The van der Waals surface area contributed by atoms with Gasteiger partial charge in [-0.1, -0.05) is 12.7 Å². The lowest BCUT2D eigenvalue weighted by Gasteiger charge is -1.95. The Bertz CT molecular complexity index is 192. The second-order valence-electron chi connectivity index (χ2n) is 2.29. The van der Waals surface area contributed by atoms with Crippen LogP contribution >= 0.6 is 0 Å². The highest BCUT2D eigenvalue weighted by atomic mass is 16.1. The zero-order valence-corrected chi connectivity index (χ0v) is 6.84. The maximum absolute atomic E-state index is 10.6. The summed E-state index contributed by atoms with van der Waals surface area (Å²) in [6.45, 7) is 8.48. The van der Waals surface area contributed by atoms with Gasteiger partial charge in [-0.25, -0.2) is 0 Å². The van der Waals surface area contributed by atoms with E-state index in [1.807, 2.05) is 0 Å². The number of aliphatic imine (C=N–C) groups is 1. The van der Waals surface area contributed by atoms with Crippen LogP contribution in [-0.2, 0) is 4.79 Å². The van der Waals surface area contributed by atoms with E-state index >= 15 is 0 Å². The van der Waals surface area contributed by atoms with Crippen molar-refractivity contribution < 1.29 is 4.79 Å². The Morgan fingerprint density at radius 2 is 2.18 bits per heavy atom. The Balaban J connectivity index is 3.88. The van der Waals surface area contributed by atoms with E-state index in [1.54, 1.807) is 19.2 Å². The monoisotopic (exact) mass is 151 g/mol. The Morgan fingerprint density at radius 1 is 1.55 bits per heavy atom. The van der Waals surface area contributed by atoms with Gasteiger partial charge in [-0.15, -0.1) is 0 Å². The van der Waals surface area contributed by atoms with Gasteiger partial charge >= 0.3 is 0 Å². The third-order valence-electron chi connectivity index (χ3n) is 1.29. The molecule has 0 bridgehead atoms. The topological polar surface area (TPSA) is 29.4 Å². The zero-order chi connectivity index (χ0) is 8.69. The number of hydrogen-bond acceptors (Lipinski definition) is 2. The molecule has 0 saturated carbocycles. The molecule has 0 unspecified atom stereocenters. The van der Waals surface area contributed by atoms with Gasteiger partial charge in [0.05, 0.1) is 0 Å². The van der Waals surface area contributed by atoms with E-state index in [0.717, 1.165) is 5.57 Å². The van der Waals surface area contributed by atoms with E-state index in [9.17, 15) is 4.79 Å². The van der Waals surface area contributed by atoms with Crippen molar-refractivity contribution in [3.05, 3.63) is 24.4 Å². The first-order chi connectivity index (χ1) is 5.20. The number of hydrogen-bond donors (Lipinski definition) is 0. The molecule has 0 saturated heterocycles. The van der Waals surface area contributed by atoms with Crippen LogP contribution in [0.15, 0.2) is 29.4 Å². The molecule has 0 aromatic rings. The van der Waals surface area contributed by atoms with Gasteiger partial charge in [0.1, 0.15) is 5.78 Å². The minimum atomic E-state index is 0.182. The number of Topliss-reactive ketones (excluding diaryl/α,β-unsaturated/α-hetero) is 1.